The molecule has 4 rings (SSSR count). The third-order valence-corrected chi connectivity index (χ3v) is 5.64. The smallest absolute Gasteiger partial charge is 0.255 e. The molecular formula is C27H29NO4. The largest absolute Gasteiger partial charge is 0.496 e. The Hall–Kier alpha value is -3.47. The molecule has 166 valence electrons. The zero-order valence-electron chi connectivity index (χ0n) is 18.6. The Labute approximate surface area is 189 Å². The van der Waals surface area contributed by atoms with Crippen molar-refractivity contribution in [2.45, 2.75) is 32.2 Å². The van der Waals surface area contributed by atoms with Crippen molar-refractivity contribution >= 4 is 5.91 Å². The summed E-state index contributed by atoms with van der Waals surface area (Å²) in [5.74, 6) is 1.89. The summed E-state index contributed by atoms with van der Waals surface area (Å²) in [6.07, 6.45) is 2.44. The highest BCUT2D eigenvalue weighted by Gasteiger charge is 2.21. The maximum absolute atomic E-state index is 13.3. The summed E-state index contributed by atoms with van der Waals surface area (Å²) in [6.45, 7) is 3.23. The molecule has 5 nitrogen and oxygen atoms in total. The molecule has 3 aromatic carbocycles. The van der Waals surface area contributed by atoms with Crippen LogP contribution in [0.2, 0.25) is 0 Å². The van der Waals surface area contributed by atoms with Crippen LogP contribution in [0, 0.1) is 6.92 Å². The number of methoxy groups -OCH3 is 1. The van der Waals surface area contributed by atoms with E-state index in [1.165, 1.54) is 5.56 Å². The first-order valence-corrected chi connectivity index (χ1v) is 11.0. The molecule has 0 bridgehead atoms. The third kappa shape index (κ3) is 5.22. The number of hydrogen-bond donors (Lipinski definition) is 1. The molecule has 1 N–H and O–H groups in total. The Morgan fingerprint density at radius 3 is 2.56 bits per heavy atom. The number of carbonyl (C=O) groups is 1. The van der Waals surface area contributed by atoms with Gasteiger partial charge in [0, 0.05) is 6.42 Å². The van der Waals surface area contributed by atoms with Crippen LogP contribution in [-0.4, -0.2) is 26.2 Å². The van der Waals surface area contributed by atoms with E-state index >= 15 is 0 Å². The zero-order valence-corrected chi connectivity index (χ0v) is 18.6. The van der Waals surface area contributed by atoms with E-state index in [-0.39, 0.29) is 11.9 Å². The maximum Gasteiger partial charge on any atom is 0.255 e. The second-order valence-corrected chi connectivity index (χ2v) is 8.01. The van der Waals surface area contributed by atoms with E-state index in [0.717, 1.165) is 41.9 Å². The summed E-state index contributed by atoms with van der Waals surface area (Å²) >= 11 is 0. The van der Waals surface area contributed by atoms with Gasteiger partial charge in [0.15, 0.2) is 11.5 Å². The predicted molar refractivity (Wildman–Crippen MR) is 125 cm³/mol. The summed E-state index contributed by atoms with van der Waals surface area (Å²) in [5.41, 5.74) is 3.76. The number of nitrogens with one attached hydrogen (secondary N) is 1. The summed E-state index contributed by atoms with van der Waals surface area (Å²) in [5, 5.41) is 3.23. The number of fused-ring (bicyclic) bond motifs is 1. The first kappa shape index (κ1) is 21.8. The van der Waals surface area contributed by atoms with Gasteiger partial charge in [-0.15, -0.1) is 0 Å². The van der Waals surface area contributed by atoms with Gasteiger partial charge in [-0.1, -0.05) is 48.0 Å². The highest BCUT2D eigenvalue weighted by atomic mass is 16.5. The highest BCUT2D eigenvalue weighted by Crippen LogP contribution is 2.34. The molecule has 1 aliphatic rings. The minimum absolute atomic E-state index is 0.157. The van der Waals surface area contributed by atoms with E-state index in [4.69, 9.17) is 14.2 Å². The van der Waals surface area contributed by atoms with Crippen LogP contribution >= 0.6 is 0 Å². The van der Waals surface area contributed by atoms with E-state index < -0.39 is 0 Å². The zero-order chi connectivity index (χ0) is 22.3. The Morgan fingerprint density at radius 2 is 1.78 bits per heavy atom. The van der Waals surface area contributed by atoms with Gasteiger partial charge in [-0.2, -0.15) is 0 Å². The molecular weight excluding hydrogens is 402 g/mol. The maximum atomic E-state index is 13.3. The molecule has 3 aromatic rings. The van der Waals surface area contributed by atoms with Crippen molar-refractivity contribution in [3.63, 3.8) is 0 Å². The Balaban J connectivity index is 1.61. The molecule has 1 aliphatic heterocycles. The monoisotopic (exact) mass is 431 g/mol. The molecule has 0 saturated heterocycles. The molecule has 0 aliphatic carbocycles. The van der Waals surface area contributed by atoms with Gasteiger partial charge < -0.3 is 19.5 Å². The predicted octanol–water partition coefficient (Wildman–Crippen LogP) is 5.27. The van der Waals surface area contributed by atoms with Crippen molar-refractivity contribution in [1.82, 2.24) is 5.32 Å². The van der Waals surface area contributed by atoms with Crippen LogP contribution in [0.5, 0.6) is 17.2 Å². The SMILES string of the molecule is COc1ccc(C)cc1C(=O)NC(CCc1ccccc1)c1ccc2c(c1)OCCCO2. The number of hydrogen-bond acceptors (Lipinski definition) is 4. The molecule has 0 spiro atoms. The van der Waals surface area contributed by atoms with Crippen molar-refractivity contribution in [2.24, 2.45) is 0 Å². The van der Waals surface area contributed by atoms with Gasteiger partial charge in [-0.25, -0.2) is 0 Å². The van der Waals surface area contributed by atoms with Gasteiger partial charge in [0.1, 0.15) is 5.75 Å². The molecule has 32 heavy (non-hydrogen) atoms. The fraction of sp³-hybridized carbons (Fsp3) is 0.296. The fourth-order valence-electron chi connectivity index (χ4n) is 3.91. The molecule has 0 saturated carbocycles. The van der Waals surface area contributed by atoms with E-state index in [2.05, 4.69) is 17.4 Å². The second-order valence-electron chi connectivity index (χ2n) is 8.01. The van der Waals surface area contributed by atoms with Gasteiger partial charge in [-0.05, 0) is 55.2 Å². The van der Waals surface area contributed by atoms with E-state index in [0.29, 0.717) is 24.5 Å². The van der Waals surface area contributed by atoms with Gasteiger partial charge in [0.2, 0.25) is 0 Å². The average molecular weight is 432 g/mol. The van der Waals surface area contributed by atoms with Gasteiger partial charge in [0.05, 0.1) is 31.9 Å². The van der Waals surface area contributed by atoms with Crippen LogP contribution in [0.4, 0.5) is 0 Å². The van der Waals surface area contributed by atoms with E-state index in [1.807, 2.05) is 61.5 Å². The van der Waals surface area contributed by atoms with Gasteiger partial charge in [-0.3, -0.25) is 4.79 Å². The second kappa shape index (κ2) is 10.2. The van der Waals surface area contributed by atoms with Crippen LogP contribution in [-0.2, 0) is 6.42 Å². The Morgan fingerprint density at radius 1 is 1.00 bits per heavy atom. The molecule has 1 atom stereocenters. The minimum atomic E-state index is -0.190. The molecule has 0 aromatic heterocycles. The van der Waals surface area contributed by atoms with Crippen molar-refractivity contribution in [1.29, 1.82) is 0 Å². The lowest BCUT2D eigenvalue weighted by Gasteiger charge is -2.21. The molecule has 0 fully saturated rings. The van der Waals surface area contributed by atoms with Crippen LogP contribution in [0.15, 0.2) is 66.7 Å². The third-order valence-electron chi connectivity index (χ3n) is 5.64. The standard InChI is InChI=1S/C27H29NO4/c1-19-9-13-24(30-2)22(17-19)27(29)28-23(12-10-20-7-4-3-5-8-20)21-11-14-25-26(18-21)32-16-6-15-31-25/h3-5,7-9,11,13-14,17-18,23H,6,10,12,15-16H2,1-2H3,(H,28,29). The molecule has 0 radical (unpaired) electrons. The Kier molecular flexibility index (Phi) is 6.95. The summed E-state index contributed by atoms with van der Waals surface area (Å²) in [7, 11) is 1.58. The molecule has 1 heterocycles. The number of amides is 1. The van der Waals surface area contributed by atoms with E-state index in [9.17, 15) is 4.79 Å². The van der Waals surface area contributed by atoms with Crippen molar-refractivity contribution < 1.29 is 19.0 Å². The molecule has 1 unspecified atom stereocenters. The highest BCUT2D eigenvalue weighted by molar-refractivity contribution is 5.97. The lowest BCUT2D eigenvalue weighted by atomic mass is 9.97. The topological polar surface area (TPSA) is 56.8 Å². The first-order valence-electron chi connectivity index (χ1n) is 11.0. The van der Waals surface area contributed by atoms with Crippen LogP contribution in [0.1, 0.15) is 45.9 Å². The van der Waals surface area contributed by atoms with Crippen molar-refractivity contribution in [3.05, 3.63) is 89.0 Å². The Bertz CT molecular complexity index is 1060. The molecule has 5 heteroatoms. The van der Waals surface area contributed by atoms with Crippen LogP contribution < -0.4 is 19.5 Å². The van der Waals surface area contributed by atoms with Gasteiger partial charge >= 0.3 is 0 Å². The minimum Gasteiger partial charge on any atom is -0.496 e. The average Bonchev–Trinajstić information content (AvgIpc) is 3.07. The van der Waals surface area contributed by atoms with Crippen LogP contribution in [0.25, 0.3) is 0 Å². The van der Waals surface area contributed by atoms with Crippen molar-refractivity contribution in [3.8, 4) is 17.2 Å². The number of benzene rings is 3. The number of carbonyl (C=O) groups excluding carboxylic acids is 1. The number of aryl methyl sites for hydroxylation is 2. The number of ether oxygens (including phenoxy) is 3. The normalized spacial score (nSPS) is 13.7. The van der Waals surface area contributed by atoms with E-state index in [1.54, 1.807) is 7.11 Å². The molecule has 1 amide bonds. The summed E-state index contributed by atoms with van der Waals surface area (Å²) < 4.78 is 17.1. The summed E-state index contributed by atoms with van der Waals surface area (Å²) in [4.78, 5) is 13.3. The van der Waals surface area contributed by atoms with Gasteiger partial charge in [0.25, 0.3) is 5.91 Å². The quantitative estimate of drug-likeness (QED) is 0.554. The number of rotatable bonds is 7. The van der Waals surface area contributed by atoms with Crippen molar-refractivity contribution in [2.75, 3.05) is 20.3 Å². The summed E-state index contributed by atoms with van der Waals surface area (Å²) in [6, 6.07) is 21.7. The lowest BCUT2D eigenvalue weighted by molar-refractivity contribution is 0.0931. The van der Waals surface area contributed by atoms with Crippen LogP contribution in [0.3, 0.4) is 0 Å². The first-order chi connectivity index (χ1) is 15.6. The lowest BCUT2D eigenvalue weighted by Crippen LogP contribution is -2.29. The fourth-order valence-corrected chi connectivity index (χ4v) is 3.91.